The molecule has 2 fully saturated rings. The van der Waals surface area contributed by atoms with E-state index in [-0.39, 0.29) is 6.04 Å². The SMILES string of the molecule is CC(C)NS(=O)(=O)c1ccc(N2CC[C@H]3CNC[C@H]32)cc1. The van der Waals surface area contributed by atoms with Gasteiger partial charge in [-0.05, 0) is 50.5 Å². The molecule has 3 rings (SSSR count). The lowest BCUT2D eigenvalue weighted by atomic mass is 10.1. The smallest absolute Gasteiger partial charge is 0.240 e. The number of rotatable bonds is 4. The summed E-state index contributed by atoms with van der Waals surface area (Å²) in [6, 6.07) is 7.72. The fourth-order valence-corrected chi connectivity index (χ4v) is 4.62. The highest BCUT2D eigenvalue weighted by molar-refractivity contribution is 7.89. The van der Waals surface area contributed by atoms with Crippen LogP contribution in [0.3, 0.4) is 0 Å². The van der Waals surface area contributed by atoms with Gasteiger partial charge in [0.05, 0.1) is 4.90 Å². The number of anilines is 1. The molecule has 0 unspecified atom stereocenters. The maximum atomic E-state index is 12.1. The van der Waals surface area contributed by atoms with Crippen LogP contribution >= 0.6 is 0 Å². The largest absolute Gasteiger partial charge is 0.367 e. The van der Waals surface area contributed by atoms with Crippen LogP contribution < -0.4 is 14.9 Å². The molecule has 1 aromatic rings. The van der Waals surface area contributed by atoms with Gasteiger partial charge in [-0.25, -0.2) is 13.1 Å². The van der Waals surface area contributed by atoms with Gasteiger partial charge < -0.3 is 10.2 Å². The van der Waals surface area contributed by atoms with Crippen molar-refractivity contribution in [2.45, 2.75) is 37.2 Å². The van der Waals surface area contributed by atoms with Crippen LogP contribution in [0.5, 0.6) is 0 Å². The number of nitrogens with zero attached hydrogens (tertiary/aromatic N) is 1. The molecule has 0 aliphatic carbocycles. The quantitative estimate of drug-likeness (QED) is 0.876. The van der Waals surface area contributed by atoms with Gasteiger partial charge in [-0.15, -0.1) is 0 Å². The van der Waals surface area contributed by atoms with Crippen molar-refractivity contribution >= 4 is 15.7 Å². The molecule has 2 aliphatic heterocycles. The summed E-state index contributed by atoms with van der Waals surface area (Å²) in [4.78, 5) is 2.73. The Bertz CT molecular complexity index is 598. The Hall–Kier alpha value is -1.11. The van der Waals surface area contributed by atoms with Crippen molar-refractivity contribution in [3.63, 3.8) is 0 Å². The van der Waals surface area contributed by atoms with Gasteiger partial charge in [0.1, 0.15) is 0 Å². The number of fused-ring (bicyclic) bond motifs is 1. The molecule has 116 valence electrons. The van der Waals surface area contributed by atoms with Gasteiger partial charge >= 0.3 is 0 Å². The third-order valence-corrected chi connectivity index (χ3v) is 5.99. The molecule has 5 nitrogen and oxygen atoms in total. The summed E-state index contributed by atoms with van der Waals surface area (Å²) in [5.74, 6) is 0.732. The fraction of sp³-hybridized carbons (Fsp3) is 0.600. The average molecular weight is 309 g/mol. The van der Waals surface area contributed by atoms with Gasteiger partial charge in [0, 0.05) is 37.4 Å². The van der Waals surface area contributed by atoms with Crippen molar-refractivity contribution < 1.29 is 8.42 Å². The predicted molar refractivity (Wildman–Crippen MR) is 84.0 cm³/mol. The zero-order valence-corrected chi connectivity index (χ0v) is 13.4. The van der Waals surface area contributed by atoms with Crippen LogP contribution in [0.2, 0.25) is 0 Å². The Morgan fingerprint density at radius 2 is 1.95 bits per heavy atom. The molecule has 2 N–H and O–H groups in total. The maximum Gasteiger partial charge on any atom is 0.240 e. The predicted octanol–water partition coefficient (Wildman–Crippen LogP) is 1.17. The molecule has 0 bridgehead atoms. The lowest BCUT2D eigenvalue weighted by Crippen LogP contribution is -2.34. The first-order valence-corrected chi connectivity index (χ1v) is 9.05. The van der Waals surface area contributed by atoms with E-state index in [1.165, 1.54) is 6.42 Å². The van der Waals surface area contributed by atoms with Crippen molar-refractivity contribution in [3.05, 3.63) is 24.3 Å². The highest BCUT2D eigenvalue weighted by Gasteiger charge is 2.37. The molecule has 2 aliphatic rings. The Morgan fingerprint density at radius 1 is 1.24 bits per heavy atom. The molecule has 6 heteroatoms. The molecule has 1 aromatic carbocycles. The molecule has 0 amide bonds. The van der Waals surface area contributed by atoms with E-state index < -0.39 is 10.0 Å². The summed E-state index contributed by atoms with van der Waals surface area (Å²) in [5, 5.41) is 3.43. The van der Waals surface area contributed by atoms with Gasteiger partial charge in [0.25, 0.3) is 0 Å². The molecule has 2 heterocycles. The van der Waals surface area contributed by atoms with Crippen LogP contribution in [0.25, 0.3) is 0 Å². The molecule has 0 saturated carbocycles. The van der Waals surface area contributed by atoms with Crippen LogP contribution in [0.15, 0.2) is 29.2 Å². The number of benzene rings is 1. The standard InChI is InChI=1S/C15H23N3O2S/c1-11(2)17-21(19,20)14-5-3-13(4-6-14)18-8-7-12-9-16-10-15(12)18/h3-6,11-12,15-17H,7-10H2,1-2H3/t12-,15+/m0/s1. The highest BCUT2D eigenvalue weighted by atomic mass is 32.2. The molecular weight excluding hydrogens is 286 g/mol. The molecule has 2 atom stereocenters. The van der Waals surface area contributed by atoms with E-state index in [1.807, 2.05) is 26.0 Å². The van der Waals surface area contributed by atoms with Crippen molar-refractivity contribution in [3.8, 4) is 0 Å². The number of sulfonamides is 1. The first kappa shape index (κ1) is 14.8. The minimum absolute atomic E-state index is 0.0985. The minimum atomic E-state index is -3.40. The van der Waals surface area contributed by atoms with Crippen molar-refractivity contribution in [2.75, 3.05) is 24.5 Å². The zero-order chi connectivity index (χ0) is 15.0. The second-order valence-corrected chi connectivity index (χ2v) is 7.95. The van der Waals surface area contributed by atoms with Crippen LogP contribution in [0, 0.1) is 5.92 Å². The van der Waals surface area contributed by atoms with Crippen molar-refractivity contribution in [1.29, 1.82) is 0 Å². The lowest BCUT2D eigenvalue weighted by Gasteiger charge is -2.25. The van der Waals surface area contributed by atoms with Crippen LogP contribution in [0.4, 0.5) is 5.69 Å². The van der Waals surface area contributed by atoms with E-state index in [0.717, 1.165) is 31.2 Å². The van der Waals surface area contributed by atoms with E-state index in [0.29, 0.717) is 10.9 Å². The van der Waals surface area contributed by atoms with Crippen molar-refractivity contribution in [2.24, 2.45) is 5.92 Å². The molecule has 2 saturated heterocycles. The second-order valence-electron chi connectivity index (χ2n) is 6.24. The number of hydrogen-bond acceptors (Lipinski definition) is 4. The third-order valence-electron chi connectivity index (χ3n) is 4.31. The van der Waals surface area contributed by atoms with E-state index in [2.05, 4.69) is 14.9 Å². The van der Waals surface area contributed by atoms with E-state index in [9.17, 15) is 8.42 Å². The minimum Gasteiger partial charge on any atom is -0.367 e. The van der Waals surface area contributed by atoms with Crippen LogP contribution in [-0.2, 0) is 10.0 Å². The Balaban J connectivity index is 1.78. The summed E-state index contributed by atoms with van der Waals surface area (Å²) in [6.07, 6.45) is 1.21. The second kappa shape index (κ2) is 5.59. The van der Waals surface area contributed by atoms with Crippen molar-refractivity contribution in [1.82, 2.24) is 10.0 Å². The summed E-state index contributed by atoms with van der Waals surface area (Å²) >= 11 is 0. The Morgan fingerprint density at radius 3 is 2.62 bits per heavy atom. The number of nitrogens with one attached hydrogen (secondary N) is 2. The van der Waals surface area contributed by atoms with E-state index in [4.69, 9.17) is 0 Å². The molecule has 0 spiro atoms. The lowest BCUT2D eigenvalue weighted by molar-refractivity contribution is 0.569. The number of hydrogen-bond donors (Lipinski definition) is 2. The normalized spacial score (nSPS) is 25.6. The van der Waals surface area contributed by atoms with Gasteiger partial charge in [-0.2, -0.15) is 0 Å². The van der Waals surface area contributed by atoms with Gasteiger partial charge in [-0.1, -0.05) is 0 Å². The molecule has 0 radical (unpaired) electrons. The summed E-state index contributed by atoms with van der Waals surface area (Å²) in [7, 11) is -3.40. The van der Waals surface area contributed by atoms with Gasteiger partial charge in [-0.3, -0.25) is 0 Å². The highest BCUT2D eigenvalue weighted by Crippen LogP contribution is 2.32. The Kier molecular flexibility index (Phi) is 3.94. The molecular formula is C15H23N3O2S. The summed E-state index contributed by atoms with van der Waals surface area (Å²) in [5.41, 5.74) is 1.12. The first-order valence-electron chi connectivity index (χ1n) is 7.57. The average Bonchev–Trinajstić information content (AvgIpc) is 2.99. The monoisotopic (exact) mass is 309 g/mol. The Labute approximate surface area is 126 Å². The maximum absolute atomic E-state index is 12.1. The summed E-state index contributed by atoms with van der Waals surface area (Å²) in [6.45, 7) is 6.84. The topological polar surface area (TPSA) is 61.4 Å². The van der Waals surface area contributed by atoms with E-state index >= 15 is 0 Å². The molecule has 0 aromatic heterocycles. The van der Waals surface area contributed by atoms with Crippen LogP contribution in [0.1, 0.15) is 20.3 Å². The summed E-state index contributed by atoms with van der Waals surface area (Å²) < 4.78 is 26.9. The van der Waals surface area contributed by atoms with E-state index in [1.54, 1.807) is 12.1 Å². The van der Waals surface area contributed by atoms with Gasteiger partial charge in [0.2, 0.25) is 10.0 Å². The zero-order valence-electron chi connectivity index (χ0n) is 12.5. The molecule has 21 heavy (non-hydrogen) atoms. The van der Waals surface area contributed by atoms with Gasteiger partial charge in [0.15, 0.2) is 0 Å². The van der Waals surface area contributed by atoms with Crippen LogP contribution in [-0.4, -0.2) is 40.1 Å². The fourth-order valence-electron chi connectivity index (χ4n) is 3.36. The first-order chi connectivity index (χ1) is 9.97. The third kappa shape index (κ3) is 2.93.